The number of aliphatic imine (C=N–C) groups is 1. The molecule has 3 rings (SSSR count). The van der Waals surface area contributed by atoms with Gasteiger partial charge in [0.2, 0.25) is 0 Å². The number of H-pyrrole nitrogens is 1. The molecule has 2 aromatic heterocycles. The van der Waals surface area contributed by atoms with Gasteiger partial charge in [-0.1, -0.05) is 12.1 Å². The van der Waals surface area contributed by atoms with Gasteiger partial charge in [0.15, 0.2) is 0 Å². The summed E-state index contributed by atoms with van der Waals surface area (Å²) in [4.78, 5) is 17.1. The third-order valence-electron chi connectivity index (χ3n) is 3.78. The molecule has 1 aromatic carbocycles. The zero-order valence-corrected chi connectivity index (χ0v) is 15.8. The predicted molar refractivity (Wildman–Crippen MR) is 106 cm³/mol. The average Bonchev–Trinajstić information content (AvgIpc) is 3.24. The van der Waals surface area contributed by atoms with Gasteiger partial charge in [0.1, 0.15) is 22.8 Å². The van der Waals surface area contributed by atoms with E-state index in [2.05, 4.69) is 27.3 Å². The highest BCUT2D eigenvalue weighted by atomic mass is 32.2. The van der Waals surface area contributed by atoms with Crippen molar-refractivity contribution in [3.63, 3.8) is 0 Å². The summed E-state index contributed by atoms with van der Waals surface area (Å²) >= 11 is 3.28. The number of imidazole rings is 1. The molecule has 0 aliphatic rings. The van der Waals surface area contributed by atoms with Crippen LogP contribution < -0.4 is 0 Å². The maximum Gasteiger partial charge on any atom is 0.133 e. The van der Waals surface area contributed by atoms with E-state index in [-0.39, 0.29) is 6.04 Å². The number of nitrogens with zero attached hydrogens (tertiary/aromatic N) is 4. The fourth-order valence-electron chi connectivity index (χ4n) is 2.50. The second-order valence-electron chi connectivity index (χ2n) is 5.67. The van der Waals surface area contributed by atoms with Crippen molar-refractivity contribution in [3.8, 4) is 6.07 Å². The smallest absolute Gasteiger partial charge is 0.133 e. The lowest BCUT2D eigenvalue weighted by Gasteiger charge is -2.09. The van der Waals surface area contributed by atoms with E-state index < -0.39 is 5.92 Å². The highest BCUT2D eigenvalue weighted by Gasteiger charge is 2.17. The summed E-state index contributed by atoms with van der Waals surface area (Å²) in [5, 5.41) is 12.2. The Bertz CT molecular complexity index is 872. The number of aromatic amines is 1. The Morgan fingerprint density at radius 1 is 1.40 bits per heavy atom. The minimum atomic E-state index is -0.417. The van der Waals surface area contributed by atoms with Crippen molar-refractivity contribution in [1.29, 1.82) is 5.26 Å². The first-order valence-electron chi connectivity index (χ1n) is 7.99. The molecule has 3 aromatic rings. The van der Waals surface area contributed by atoms with Crippen molar-refractivity contribution < 1.29 is 0 Å². The Kier molecular flexibility index (Phi) is 5.84. The van der Waals surface area contributed by atoms with E-state index in [9.17, 15) is 5.26 Å². The Labute approximate surface area is 155 Å². The van der Waals surface area contributed by atoms with E-state index >= 15 is 0 Å². The number of para-hydroxylation sites is 2. The van der Waals surface area contributed by atoms with Crippen molar-refractivity contribution in [2.75, 3.05) is 12.0 Å². The van der Waals surface area contributed by atoms with E-state index in [1.807, 2.05) is 36.6 Å². The van der Waals surface area contributed by atoms with Gasteiger partial charge < -0.3 is 4.98 Å². The van der Waals surface area contributed by atoms with E-state index in [1.54, 1.807) is 18.0 Å². The molecule has 0 unspecified atom stereocenters. The fourth-order valence-corrected chi connectivity index (χ4v) is 3.76. The number of fused-ring (bicyclic) bond motifs is 1. The standard InChI is InChI=1S/C18H19N5S2/c1-12-11-25-18(21-12)13(9-19)10-20-16(7-8-24-2)17-22-14-5-3-4-6-15(14)23-17/h3-6,10-11,13,16H,7-8H2,1-2H3,(H,22,23)/t13-,16+/m1/s1. The normalized spacial score (nSPS) is 14.0. The van der Waals surface area contributed by atoms with Crippen molar-refractivity contribution in [1.82, 2.24) is 15.0 Å². The molecule has 5 nitrogen and oxygen atoms in total. The zero-order chi connectivity index (χ0) is 17.6. The molecule has 0 saturated carbocycles. The first-order chi connectivity index (χ1) is 12.2. The summed E-state index contributed by atoms with van der Waals surface area (Å²) in [6.07, 6.45) is 4.67. The lowest BCUT2D eigenvalue weighted by Crippen LogP contribution is -2.04. The minimum absolute atomic E-state index is 0.0863. The molecule has 0 saturated heterocycles. The first kappa shape index (κ1) is 17.6. The maximum atomic E-state index is 9.46. The van der Waals surface area contributed by atoms with Crippen molar-refractivity contribution in [3.05, 3.63) is 46.2 Å². The molecule has 7 heteroatoms. The molecule has 128 valence electrons. The lowest BCUT2D eigenvalue weighted by atomic mass is 10.2. The Morgan fingerprint density at radius 3 is 2.92 bits per heavy atom. The summed E-state index contributed by atoms with van der Waals surface area (Å²) in [5.41, 5.74) is 2.88. The number of aromatic nitrogens is 3. The molecule has 2 heterocycles. The zero-order valence-electron chi connectivity index (χ0n) is 14.1. The summed E-state index contributed by atoms with van der Waals surface area (Å²) < 4.78 is 0. The first-order valence-corrected chi connectivity index (χ1v) is 10.3. The molecule has 0 amide bonds. The van der Waals surface area contributed by atoms with Gasteiger partial charge in [-0.15, -0.1) is 11.3 Å². The molecular formula is C18H19N5S2. The predicted octanol–water partition coefficient (Wildman–Crippen LogP) is 4.50. The monoisotopic (exact) mass is 369 g/mol. The number of thioether (sulfide) groups is 1. The van der Waals surface area contributed by atoms with Crippen LogP contribution in [0.4, 0.5) is 0 Å². The summed E-state index contributed by atoms with van der Waals surface area (Å²) in [6, 6.07) is 10.2. The van der Waals surface area contributed by atoms with Gasteiger partial charge in [0.25, 0.3) is 0 Å². The van der Waals surface area contributed by atoms with Crippen LogP contribution in [0.2, 0.25) is 0 Å². The maximum absolute atomic E-state index is 9.46. The molecule has 0 fully saturated rings. The van der Waals surface area contributed by atoms with Crippen LogP contribution >= 0.6 is 23.1 Å². The van der Waals surface area contributed by atoms with Crippen molar-refractivity contribution in [2.24, 2.45) is 4.99 Å². The number of hydrogen-bond acceptors (Lipinski definition) is 6. The van der Waals surface area contributed by atoms with E-state index in [1.165, 1.54) is 11.3 Å². The Hall–Kier alpha value is -2.17. The van der Waals surface area contributed by atoms with E-state index in [0.717, 1.165) is 39.7 Å². The Morgan fingerprint density at radius 2 is 2.24 bits per heavy atom. The van der Waals surface area contributed by atoms with E-state index in [4.69, 9.17) is 4.99 Å². The lowest BCUT2D eigenvalue weighted by molar-refractivity contribution is 0.669. The molecule has 0 bridgehead atoms. The third-order valence-corrected chi connectivity index (χ3v) is 5.47. The molecule has 0 radical (unpaired) electrons. The van der Waals surface area contributed by atoms with Gasteiger partial charge in [-0.25, -0.2) is 9.97 Å². The van der Waals surface area contributed by atoms with Gasteiger partial charge in [0, 0.05) is 17.3 Å². The fraction of sp³-hybridized carbons (Fsp3) is 0.333. The number of thiazole rings is 1. The summed E-state index contributed by atoms with van der Waals surface area (Å²) in [5.74, 6) is 1.41. The van der Waals surface area contributed by atoms with Gasteiger partial charge in [-0.3, -0.25) is 4.99 Å². The summed E-state index contributed by atoms with van der Waals surface area (Å²) in [6.45, 7) is 1.93. The second kappa shape index (κ2) is 8.28. The number of hydrogen-bond donors (Lipinski definition) is 1. The highest BCUT2D eigenvalue weighted by molar-refractivity contribution is 7.98. The highest BCUT2D eigenvalue weighted by Crippen LogP contribution is 2.25. The molecule has 25 heavy (non-hydrogen) atoms. The number of nitrogens with one attached hydrogen (secondary N) is 1. The van der Waals surface area contributed by atoms with Crippen LogP contribution in [-0.2, 0) is 0 Å². The van der Waals surface area contributed by atoms with Crippen LogP contribution in [0, 0.1) is 18.3 Å². The van der Waals surface area contributed by atoms with Crippen molar-refractivity contribution in [2.45, 2.75) is 25.3 Å². The van der Waals surface area contributed by atoms with Gasteiger partial charge in [-0.2, -0.15) is 17.0 Å². The van der Waals surface area contributed by atoms with Crippen LogP contribution in [0.25, 0.3) is 11.0 Å². The van der Waals surface area contributed by atoms with E-state index in [0.29, 0.717) is 0 Å². The minimum Gasteiger partial charge on any atom is -0.340 e. The SMILES string of the molecule is CSCC[C@H](N=C[C@@H](C#N)c1nc(C)cs1)c1nc2ccccc2[nH]1. The van der Waals surface area contributed by atoms with Gasteiger partial charge in [-0.05, 0) is 37.5 Å². The Balaban J connectivity index is 1.86. The second-order valence-corrected chi connectivity index (χ2v) is 7.54. The van der Waals surface area contributed by atoms with Crippen molar-refractivity contribution >= 4 is 40.3 Å². The quantitative estimate of drug-likeness (QED) is 0.622. The molecule has 1 N–H and O–H groups in total. The van der Waals surface area contributed by atoms with Crippen LogP contribution in [0.5, 0.6) is 0 Å². The molecule has 0 aliphatic carbocycles. The number of nitriles is 1. The topological polar surface area (TPSA) is 77.7 Å². The molecule has 0 aliphatic heterocycles. The molecule has 0 spiro atoms. The number of aryl methyl sites for hydroxylation is 1. The average molecular weight is 370 g/mol. The summed E-state index contributed by atoms with van der Waals surface area (Å²) in [7, 11) is 0. The van der Waals surface area contributed by atoms with Gasteiger partial charge in [0.05, 0.1) is 17.1 Å². The van der Waals surface area contributed by atoms with Crippen LogP contribution in [0.1, 0.15) is 34.9 Å². The third kappa shape index (κ3) is 4.27. The number of rotatable bonds is 7. The van der Waals surface area contributed by atoms with Crippen LogP contribution in [0.15, 0.2) is 34.6 Å². The van der Waals surface area contributed by atoms with Gasteiger partial charge >= 0.3 is 0 Å². The van der Waals surface area contributed by atoms with Crippen LogP contribution in [-0.4, -0.2) is 33.2 Å². The molecular weight excluding hydrogens is 350 g/mol. The van der Waals surface area contributed by atoms with Crippen LogP contribution in [0.3, 0.4) is 0 Å². The molecule has 2 atom stereocenters. The number of benzene rings is 1. The largest absolute Gasteiger partial charge is 0.340 e.